The first-order valence-corrected chi connectivity index (χ1v) is 16.4. The molecule has 8 rings (SSSR count). The number of benzene rings is 3. The maximum Gasteiger partial charge on any atom is 0.0431 e. The van der Waals surface area contributed by atoms with E-state index >= 15 is 0 Å². The molecule has 0 heterocycles. The molecule has 4 atom stereocenters. The zero-order valence-electron chi connectivity index (χ0n) is 26.5. The maximum atomic E-state index is 4.10. The lowest BCUT2D eigenvalue weighted by atomic mass is 9.85. The Morgan fingerprint density at radius 3 is 2.52 bits per heavy atom. The van der Waals surface area contributed by atoms with E-state index in [1.54, 1.807) is 0 Å². The third kappa shape index (κ3) is 3.96. The van der Waals surface area contributed by atoms with Crippen LogP contribution < -0.4 is 15.3 Å². The SMILES string of the molecule is C=C/C=c1/cccc/c1=C/CN(C(/C=C\CN(C)C1=C2C=CC=CC23CC32C3C=CC=CC132)=C/C=C)c1ccc2ccccc2c1. The number of rotatable bonds is 10. The van der Waals surface area contributed by atoms with Crippen LogP contribution in [0.15, 0.2) is 176 Å². The topological polar surface area (TPSA) is 6.48 Å². The second-order valence-corrected chi connectivity index (χ2v) is 13.2. The average Bonchev–Trinajstić information content (AvgIpc) is 3.92. The Labute approximate surface area is 272 Å². The normalized spacial score (nSPS) is 28.7. The smallest absolute Gasteiger partial charge is 0.0431 e. The molecular formula is C44H40N2. The Balaban J connectivity index is 1.13. The summed E-state index contributed by atoms with van der Waals surface area (Å²) in [5.74, 6) is 0.614. The summed E-state index contributed by atoms with van der Waals surface area (Å²) in [6, 6.07) is 23.8. The molecule has 0 N–H and O–H groups in total. The van der Waals surface area contributed by atoms with Crippen molar-refractivity contribution in [3.8, 4) is 0 Å². The van der Waals surface area contributed by atoms with Crippen molar-refractivity contribution in [3.63, 3.8) is 0 Å². The largest absolute Gasteiger partial charge is 0.373 e. The van der Waals surface area contributed by atoms with Gasteiger partial charge >= 0.3 is 0 Å². The first-order valence-electron chi connectivity index (χ1n) is 16.4. The monoisotopic (exact) mass is 596 g/mol. The molecule has 2 saturated carbocycles. The lowest BCUT2D eigenvalue weighted by molar-refractivity contribution is 0.390. The van der Waals surface area contributed by atoms with E-state index in [-0.39, 0.29) is 10.8 Å². The molecule has 3 aromatic rings. The van der Waals surface area contributed by atoms with E-state index in [0.29, 0.717) is 17.9 Å². The van der Waals surface area contributed by atoms with Crippen molar-refractivity contribution < 1.29 is 0 Å². The highest BCUT2D eigenvalue weighted by Crippen LogP contribution is 3.00. The molecule has 0 saturated heterocycles. The van der Waals surface area contributed by atoms with E-state index in [1.807, 2.05) is 12.2 Å². The third-order valence-electron chi connectivity index (χ3n) is 11.0. The molecule has 0 aromatic heterocycles. The van der Waals surface area contributed by atoms with Crippen LogP contribution in [0.5, 0.6) is 0 Å². The molecule has 3 aromatic carbocycles. The van der Waals surface area contributed by atoms with Crippen molar-refractivity contribution in [1.82, 2.24) is 4.90 Å². The number of nitrogens with zero attached hydrogens (tertiary/aromatic N) is 2. The minimum Gasteiger partial charge on any atom is -0.373 e. The summed E-state index contributed by atoms with van der Waals surface area (Å²) in [5.41, 5.74) is 6.00. The highest BCUT2D eigenvalue weighted by molar-refractivity contribution is 5.86. The summed E-state index contributed by atoms with van der Waals surface area (Å²) in [5, 5.41) is 4.82. The van der Waals surface area contributed by atoms with Crippen LogP contribution in [0, 0.1) is 22.2 Å². The fraction of sp³-hybridized carbons (Fsp3) is 0.182. The molecule has 3 spiro atoms. The zero-order valence-corrected chi connectivity index (χ0v) is 26.5. The van der Waals surface area contributed by atoms with Gasteiger partial charge in [-0.2, -0.15) is 0 Å². The van der Waals surface area contributed by atoms with Crippen LogP contribution in [0.4, 0.5) is 5.69 Å². The Kier molecular flexibility index (Phi) is 6.65. The second-order valence-electron chi connectivity index (χ2n) is 13.2. The minimum atomic E-state index is 0.139. The molecule has 5 aliphatic rings. The Hall–Kier alpha value is -5.08. The molecule has 2 heteroatoms. The van der Waals surface area contributed by atoms with Gasteiger partial charge in [-0.05, 0) is 57.5 Å². The lowest BCUT2D eigenvalue weighted by Gasteiger charge is -2.31. The molecular weight excluding hydrogens is 556 g/mol. The summed E-state index contributed by atoms with van der Waals surface area (Å²) < 4.78 is 0. The quantitative estimate of drug-likeness (QED) is 0.218. The van der Waals surface area contributed by atoms with Crippen LogP contribution >= 0.6 is 0 Å². The zero-order chi connectivity index (χ0) is 31.4. The maximum absolute atomic E-state index is 4.10. The van der Waals surface area contributed by atoms with Gasteiger partial charge in [0.2, 0.25) is 0 Å². The van der Waals surface area contributed by atoms with Gasteiger partial charge in [0, 0.05) is 59.4 Å². The molecule has 5 aliphatic carbocycles. The predicted molar refractivity (Wildman–Crippen MR) is 195 cm³/mol. The molecule has 4 unspecified atom stereocenters. The number of likely N-dealkylation sites (N-methyl/N-ethyl adjacent to an activating group) is 1. The molecule has 2 fully saturated rings. The number of fused-ring (bicyclic) bond motifs is 1. The van der Waals surface area contributed by atoms with Crippen LogP contribution in [0.1, 0.15) is 6.42 Å². The van der Waals surface area contributed by atoms with Gasteiger partial charge < -0.3 is 9.80 Å². The van der Waals surface area contributed by atoms with E-state index in [9.17, 15) is 0 Å². The van der Waals surface area contributed by atoms with E-state index < -0.39 is 0 Å². The number of anilines is 1. The average molecular weight is 597 g/mol. The fourth-order valence-corrected chi connectivity index (χ4v) is 9.11. The summed E-state index contributed by atoms with van der Waals surface area (Å²) >= 11 is 0. The van der Waals surface area contributed by atoms with E-state index in [2.05, 4.69) is 176 Å². The number of hydrogen-bond acceptors (Lipinski definition) is 2. The van der Waals surface area contributed by atoms with E-state index in [1.165, 1.54) is 33.7 Å². The Bertz CT molecular complexity index is 2120. The van der Waals surface area contributed by atoms with Gasteiger partial charge in [0.25, 0.3) is 0 Å². The highest BCUT2D eigenvalue weighted by atomic mass is 15.2. The summed E-state index contributed by atoms with van der Waals surface area (Å²) in [6.07, 6.45) is 35.0. The minimum absolute atomic E-state index is 0.139. The Morgan fingerprint density at radius 1 is 0.870 bits per heavy atom. The first kappa shape index (κ1) is 28.4. The van der Waals surface area contributed by atoms with Crippen LogP contribution in [-0.4, -0.2) is 25.0 Å². The van der Waals surface area contributed by atoms with Gasteiger partial charge in [-0.25, -0.2) is 0 Å². The van der Waals surface area contributed by atoms with Crippen LogP contribution in [0.3, 0.4) is 0 Å². The molecule has 2 nitrogen and oxygen atoms in total. The van der Waals surface area contributed by atoms with E-state index in [0.717, 1.165) is 23.1 Å². The summed E-state index contributed by atoms with van der Waals surface area (Å²) in [7, 11) is 2.28. The van der Waals surface area contributed by atoms with Gasteiger partial charge in [-0.15, -0.1) is 0 Å². The highest BCUT2D eigenvalue weighted by Gasteiger charge is 2.96. The third-order valence-corrected chi connectivity index (χ3v) is 11.0. The van der Waals surface area contributed by atoms with Crippen molar-refractivity contribution in [1.29, 1.82) is 0 Å². The van der Waals surface area contributed by atoms with Crippen LogP contribution in [0.2, 0.25) is 0 Å². The van der Waals surface area contributed by atoms with Gasteiger partial charge in [0.1, 0.15) is 0 Å². The van der Waals surface area contributed by atoms with Crippen molar-refractivity contribution in [3.05, 3.63) is 186 Å². The second kappa shape index (κ2) is 10.8. The van der Waals surface area contributed by atoms with Crippen molar-refractivity contribution in [2.24, 2.45) is 22.2 Å². The lowest BCUT2D eigenvalue weighted by Crippen LogP contribution is -2.29. The molecule has 46 heavy (non-hydrogen) atoms. The number of allylic oxidation sites excluding steroid dienone is 13. The van der Waals surface area contributed by atoms with E-state index in [4.69, 9.17) is 0 Å². The van der Waals surface area contributed by atoms with Crippen molar-refractivity contribution >= 4 is 28.6 Å². The van der Waals surface area contributed by atoms with Crippen LogP contribution in [-0.2, 0) is 0 Å². The predicted octanol–water partition coefficient (Wildman–Crippen LogP) is 8.16. The van der Waals surface area contributed by atoms with Gasteiger partial charge in [0.15, 0.2) is 0 Å². The van der Waals surface area contributed by atoms with Gasteiger partial charge in [-0.1, -0.05) is 147 Å². The molecule has 0 aliphatic heterocycles. The summed E-state index contributed by atoms with van der Waals surface area (Å²) in [6.45, 7) is 9.56. The number of hydrogen-bond donors (Lipinski definition) is 0. The molecule has 0 amide bonds. The van der Waals surface area contributed by atoms with Crippen LogP contribution in [0.25, 0.3) is 22.9 Å². The first-order chi connectivity index (χ1) is 22.6. The van der Waals surface area contributed by atoms with Crippen molar-refractivity contribution in [2.75, 3.05) is 25.0 Å². The fourth-order valence-electron chi connectivity index (χ4n) is 9.11. The molecule has 0 bridgehead atoms. The van der Waals surface area contributed by atoms with Crippen molar-refractivity contribution in [2.45, 2.75) is 6.42 Å². The van der Waals surface area contributed by atoms with Gasteiger partial charge in [0.05, 0.1) is 0 Å². The standard InChI is InChI=1S/C44H40N2/c1-4-15-33-17-6-7-19-35(33)26-30-46(38-25-24-34-18-8-9-20-36(34)31-38)37(16-5-2)21-14-29-45(3)41-39-22-10-12-27-42(39)32-44(42)40-23-11-13-28-43(40,41)44/h4-28,31,40H,1-2,29-30,32H2,3H3/b21-14-,33-15-,35-26-,37-16+. The van der Waals surface area contributed by atoms with Gasteiger partial charge in [-0.3, -0.25) is 0 Å². The molecule has 226 valence electrons. The summed E-state index contributed by atoms with van der Waals surface area (Å²) in [4.78, 5) is 4.89. The Morgan fingerprint density at radius 2 is 1.67 bits per heavy atom. The molecule has 0 radical (unpaired) electrons.